The normalized spacial score (nSPS) is 18.8. The summed E-state index contributed by atoms with van der Waals surface area (Å²) in [6.45, 7) is 1.12. The molecule has 0 radical (unpaired) electrons. The molecule has 2 N–H and O–H groups in total. The van der Waals surface area contributed by atoms with Crippen LogP contribution < -0.4 is 5.32 Å². The number of carbonyl (C=O) groups is 2. The van der Waals surface area contributed by atoms with Crippen molar-refractivity contribution in [3.8, 4) is 0 Å². The van der Waals surface area contributed by atoms with Gasteiger partial charge in [-0.05, 0) is 55.9 Å². The molecule has 1 atom stereocenters. The van der Waals surface area contributed by atoms with Crippen molar-refractivity contribution < 1.29 is 23.8 Å². The van der Waals surface area contributed by atoms with E-state index in [9.17, 15) is 19.1 Å². The summed E-state index contributed by atoms with van der Waals surface area (Å²) < 4.78 is 19.1. The van der Waals surface area contributed by atoms with Gasteiger partial charge in [-0.3, -0.25) is 14.6 Å². The minimum atomic E-state index is -0.920. The monoisotopic (exact) mass is 386 g/mol. The summed E-state index contributed by atoms with van der Waals surface area (Å²) >= 11 is 0. The molecule has 28 heavy (non-hydrogen) atoms. The van der Waals surface area contributed by atoms with Gasteiger partial charge in [0.2, 0.25) is 0 Å². The number of hydrogen-bond donors (Lipinski definition) is 2. The van der Waals surface area contributed by atoms with Crippen molar-refractivity contribution in [2.24, 2.45) is 11.8 Å². The first-order chi connectivity index (χ1) is 13.5. The van der Waals surface area contributed by atoms with Gasteiger partial charge in [-0.25, -0.2) is 4.39 Å². The van der Waals surface area contributed by atoms with Crippen LogP contribution in [-0.2, 0) is 9.53 Å². The highest BCUT2D eigenvalue weighted by Crippen LogP contribution is 2.40. The lowest BCUT2D eigenvalue weighted by Gasteiger charge is -2.27. The Bertz CT molecular complexity index is 907. The number of fused-ring (bicyclic) bond motifs is 1. The number of pyridine rings is 1. The molecule has 1 unspecified atom stereocenters. The molecule has 1 aromatic heterocycles. The number of hydrogen-bond acceptors (Lipinski definition) is 4. The molecule has 1 aliphatic carbocycles. The van der Waals surface area contributed by atoms with Crippen LogP contribution in [0.2, 0.25) is 0 Å². The van der Waals surface area contributed by atoms with Crippen molar-refractivity contribution in [2.75, 3.05) is 19.8 Å². The second kappa shape index (κ2) is 7.83. The van der Waals surface area contributed by atoms with E-state index in [2.05, 4.69) is 10.3 Å². The molecule has 7 heteroatoms. The van der Waals surface area contributed by atoms with Crippen LogP contribution in [0.4, 0.5) is 4.39 Å². The van der Waals surface area contributed by atoms with Gasteiger partial charge in [0.05, 0.1) is 17.0 Å². The van der Waals surface area contributed by atoms with E-state index in [-0.39, 0.29) is 12.5 Å². The molecule has 1 saturated heterocycles. The lowest BCUT2D eigenvalue weighted by molar-refractivity contribution is -0.144. The fourth-order valence-corrected chi connectivity index (χ4v) is 3.87. The number of halogens is 1. The molecular weight excluding hydrogens is 363 g/mol. The molecule has 2 heterocycles. The first-order valence-electron chi connectivity index (χ1n) is 9.72. The topological polar surface area (TPSA) is 88.5 Å². The number of nitrogens with zero attached hydrogens (tertiary/aromatic N) is 1. The molecule has 1 saturated carbocycles. The van der Waals surface area contributed by atoms with E-state index in [0.29, 0.717) is 48.4 Å². The van der Waals surface area contributed by atoms with E-state index in [4.69, 9.17) is 4.74 Å². The van der Waals surface area contributed by atoms with Gasteiger partial charge < -0.3 is 15.2 Å². The predicted octanol–water partition coefficient (Wildman–Crippen LogP) is 3.11. The first-order valence-corrected chi connectivity index (χ1v) is 9.72. The van der Waals surface area contributed by atoms with Gasteiger partial charge in [0.1, 0.15) is 5.82 Å². The summed E-state index contributed by atoms with van der Waals surface area (Å²) in [5.41, 5.74) is 1.76. The minimum Gasteiger partial charge on any atom is -0.481 e. The Hall–Kier alpha value is -2.54. The second-order valence-corrected chi connectivity index (χ2v) is 7.63. The summed E-state index contributed by atoms with van der Waals surface area (Å²) in [5.74, 6) is -2.10. The van der Waals surface area contributed by atoms with Gasteiger partial charge in [-0.1, -0.05) is 0 Å². The predicted molar refractivity (Wildman–Crippen MR) is 101 cm³/mol. The van der Waals surface area contributed by atoms with Crippen LogP contribution in [0.15, 0.2) is 24.3 Å². The van der Waals surface area contributed by atoms with Crippen LogP contribution in [0.3, 0.4) is 0 Å². The Balaban J connectivity index is 1.57. The molecule has 148 valence electrons. The summed E-state index contributed by atoms with van der Waals surface area (Å²) in [6, 6.07) is 5.94. The highest BCUT2D eigenvalue weighted by Gasteiger charge is 2.31. The summed E-state index contributed by atoms with van der Waals surface area (Å²) in [7, 11) is 0. The summed E-state index contributed by atoms with van der Waals surface area (Å²) in [4.78, 5) is 29.2. The van der Waals surface area contributed by atoms with Crippen LogP contribution >= 0.6 is 0 Å². The minimum absolute atomic E-state index is 0.0276. The summed E-state index contributed by atoms with van der Waals surface area (Å²) in [5, 5.41) is 12.8. The molecule has 1 aromatic carbocycles. The smallest absolute Gasteiger partial charge is 0.308 e. The number of amides is 1. The van der Waals surface area contributed by atoms with E-state index in [0.717, 1.165) is 18.5 Å². The Morgan fingerprint density at radius 3 is 2.64 bits per heavy atom. The summed E-state index contributed by atoms with van der Waals surface area (Å²) in [6.07, 6.45) is 3.40. The van der Waals surface area contributed by atoms with E-state index >= 15 is 0 Å². The van der Waals surface area contributed by atoms with Crippen molar-refractivity contribution in [3.05, 3.63) is 41.3 Å². The van der Waals surface area contributed by atoms with Gasteiger partial charge >= 0.3 is 5.97 Å². The zero-order valence-corrected chi connectivity index (χ0v) is 15.5. The maximum Gasteiger partial charge on any atom is 0.308 e. The standard InChI is InChI=1S/C21H23FN2O4/c22-14-3-4-18-15(9-14)16(10-19(24-18)13-1-2-13)20(25)23-11-17(21(26)27)12-5-7-28-8-6-12/h3-4,9-10,12-13,17H,1-2,5-8,11H2,(H,23,25)(H,26,27). The fraction of sp³-hybridized carbons (Fsp3) is 0.476. The Morgan fingerprint density at radius 2 is 1.96 bits per heavy atom. The van der Waals surface area contributed by atoms with Crippen molar-refractivity contribution in [3.63, 3.8) is 0 Å². The number of ether oxygens (including phenoxy) is 1. The van der Waals surface area contributed by atoms with Crippen molar-refractivity contribution in [1.29, 1.82) is 0 Å². The van der Waals surface area contributed by atoms with E-state index < -0.39 is 23.6 Å². The van der Waals surface area contributed by atoms with Crippen LogP contribution in [0.5, 0.6) is 0 Å². The van der Waals surface area contributed by atoms with Crippen LogP contribution in [0.25, 0.3) is 10.9 Å². The van der Waals surface area contributed by atoms with Crippen molar-refractivity contribution in [2.45, 2.75) is 31.6 Å². The quantitative estimate of drug-likeness (QED) is 0.796. The van der Waals surface area contributed by atoms with E-state index in [1.807, 2.05) is 0 Å². The largest absolute Gasteiger partial charge is 0.481 e. The second-order valence-electron chi connectivity index (χ2n) is 7.63. The number of carboxylic acids is 1. The molecule has 0 spiro atoms. The molecule has 1 aliphatic heterocycles. The average molecular weight is 386 g/mol. The highest BCUT2D eigenvalue weighted by atomic mass is 19.1. The third-order valence-corrected chi connectivity index (χ3v) is 5.67. The molecule has 6 nitrogen and oxygen atoms in total. The van der Waals surface area contributed by atoms with Gasteiger partial charge in [0.25, 0.3) is 5.91 Å². The van der Waals surface area contributed by atoms with Gasteiger partial charge in [-0.15, -0.1) is 0 Å². The van der Waals surface area contributed by atoms with Crippen LogP contribution in [0, 0.1) is 17.7 Å². The van der Waals surface area contributed by atoms with Crippen molar-refractivity contribution in [1.82, 2.24) is 10.3 Å². The third kappa shape index (κ3) is 3.99. The molecule has 1 amide bonds. The highest BCUT2D eigenvalue weighted by molar-refractivity contribution is 6.06. The van der Waals surface area contributed by atoms with Crippen LogP contribution in [-0.4, -0.2) is 41.7 Å². The first kappa shape index (κ1) is 18.8. The Morgan fingerprint density at radius 1 is 1.21 bits per heavy atom. The third-order valence-electron chi connectivity index (χ3n) is 5.67. The zero-order chi connectivity index (χ0) is 19.7. The fourth-order valence-electron chi connectivity index (χ4n) is 3.87. The SMILES string of the molecule is O=C(NCC(C(=O)O)C1CCOCC1)c1cc(C2CC2)nc2ccc(F)cc12. The zero-order valence-electron chi connectivity index (χ0n) is 15.5. The van der Waals surface area contributed by atoms with Gasteiger partial charge in [0.15, 0.2) is 0 Å². The maximum atomic E-state index is 13.8. The number of benzene rings is 1. The number of aromatic nitrogens is 1. The number of rotatable bonds is 6. The van der Waals surface area contributed by atoms with Crippen molar-refractivity contribution >= 4 is 22.8 Å². The molecular formula is C21H23FN2O4. The Kier molecular flexibility index (Phi) is 5.26. The van der Waals surface area contributed by atoms with Crippen LogP contribution in [0.1, 0.15) is 47.7 Å². The molecule has 2 aliphatic rings. The van der Waals surface area contributed by atoms with E-state index in [1.165, 1.54) is 12.1 Å². The maximum absolute atomic E-state index is 13.8. The Labute approximate surface area is 162 Å². The number of carboxylic acid groups (broad SMARTS) is 1. The molecule has 2 fully saturated rings. The molecule has 4 rings (SSSR count). The van der Waals surface area contributed by atoms with Gasteiger partial charge in [0, 0.05) is 36.8 Å². The molecule has 2 aromatic rings. The van der Waals surface area contributed by atoms with Gasteiger partial charge in [-0.2, -0.15) is 0 Å². The number of carbonyl (C=O) groups excluding carboxylic acids is 1. The average Bonchev–Trinajstić information content (AvgIpc) is 3.53. The number of nitrogens with one attached hydrogen (secondary N) is 1. The van der Waals surface area contributed by atoms with E-state index in [1.54, 1.807) is 12.1 Å². The molecule has 0 bridgehead atoms. The lowest BCUT2D eigenvalue weighted by Crippen LogP contribution is -2.39. The lowest BCUT2D eigenvalue weighted by atomic mass is 9.86. The number of aliphatic carboxylic acids is 1.